The van der Waals surface area contributed by atoms with E-state index >= 15 is 0 Å². The molecule has 0 aliphatic heterocycles. The highest BCUT2D eigenvalue weighted by atomic mass is 16.5. The Morgan fingerprint density at radius 3 is 2.31 bits per heavy atom. The molecular weight excluding hydrogens is 468 g/mol. The van der Waals surface area contributed by atoms with E-state index in [0.717, 1.165) is 6.92 Å². The minimum atomic E-state index is -2.70. The Kier molecular flexibility index (Phi) is 6.27. The van der Waals surface area contributed by atoms with Crippen LogP contribution < -0.4 is 4.90 Å². The number of rotatable bonds is 5. The van der Waals surface area contributed by atoms with E-state index in [1.807, 2.05) is 0 Å². The van der Waals surface area contributed by atoms with Gasteiger partial charge in [0.1, 0.15) is 22.8 Å². The van der Waals surface area contributed by atoms with Gasteiger partial charge in [-0.05, 0) is 52.1 Å². The summed E-state index contributed by atoms with van der Waals surface area (Å²) in [6, 6.07) is 2.00. The van der Waals surface area contributed by atoms with Crippen molar-refractivity contribution in [3.05, 3.63) is 45.9 Å². The lowest BCUT2D eigenvalue weighted by atomic mass is 9.57. The van der Waals surface area contributed by atoms with E-state index in [9.17, 15) is 34.8 Å². The Labute approximate surface area is 209 Å². The number of hydrogen-bond donors (Lipinski definition) is 4. The van der Waals surface area contributed by atoms with E-state index in [0.29, 0.717) is 11.3 Å². The number of phenolic OH excluding ortho intramolecular Hbond substituents is 1. The lowest BCUT2D eigenvalue weighted by molar-refractivity contribution is -0.167. The molecule has 5 atom stereocenters. The second kappa shape index (κ2) is 8.72. The van der Waals surface area contributed by atoms with Crippen LogP contribution in [0.4, 0.5) is 5.69 Å². The summed E-state index contributed by atoms with van der Waals surface area (Å²) in [6.07, 6.45) is -0.828. The van der Waals surface area contributed by atoms with Crippen LogP contribution in [0.3, 0.4) is 0 Å². The fourth-order valence-corrected chi connectivity index (χ4v) is 6.15. The van der Waals surface area contributed by atoms with Crippen molar-refractivity contribution in [1.82, 2.24) is 4.90 Å². The first kappa shape index (κ1) is 25.9. The van der Waals surface area contributed by atoms with Crippen molar-refractivity contribution in [2.24, 2.45) is 11.8 Å². The highest BCUT2D eigenvalue weighted by molar-refractivity contribution is 6.25. The number of ketones is 3. The molecule has 0 unspecified atom stereocenters. The minimum Gasteiger partial charge on any atom is -0.510 e. The molecule has 0 spiro atoms. The largest absolute Gasteiger partial charge is 0.510 e. The lowest BCUT2D eigenvalue weighted by Crippen LogP contribution is -2.68. The lowest BCUT2D eigenvalue weighted by Gasteiger charge is -2.53. The van der Waals surface area contributed by atoms with Gasteiger partial charge in [-0.15, -0.1) is 0 Å². The molecule has 10 nitrogen and oxygen atoms in total. The highest BCUT2D eigenvalue weighted by Crippen LogP contribution is 2.54. The van der Waals surface area contributed by atoms with E-state index in [4.69, 9.17) is 4.74 Å². The number of benzene rings is 1. The number of aliphatic hydroxyl groups excluding tert-OH is 2. The third-order valence-corrected chi connectivity index (χ3v) is 7.58. The van der Waals surface area contributed by atoms with Gasteiger partial charge in [-0.2, -0.15) is 0 Å². The predicted molar refractivity (Wildman–Crippen MR) is 130 cm³/mol. The molecule has 3 aliphatic carbocycles. The van der Waals surface area contributed by atoms with Crippen LogP contribution in [0.15, 0.2) is 34.8 Å². The van der Waals surface area contributed by atoms with Gasteiger partial charge >= 0.3 is 0 Å². The molecule has 4 N–H and O–H groups in total. The van der Waals surface area contributed by atoms with Gasteiger partial charge in [0.2, 0.25) is 5.78 Å². The molecule has 1 aromatic carbocycles. The topological polar surface area (TPSA) is 148 Å². The zero-order valence-corrected chi connectivity index (χ0v) is 21.2. The van der Waals surface area contributed by atoms with Crippen LogP contribution in [0.25, 0.3) is 0 Å². The summed E-state index contributed by atoms with van der Waals surface area (Å²) in [7, 11) is 6.82. The van der Waals surface area contributed by atoms with Gasteiger partial charge in [0.15, 0.2) is 17.2 Å². The van der Waals surface area contributed by atoms with Crippen molar-refractivity contribution in [2.75, 3.05) is 39.7 Å². The van der Waals surface area contributed by atoms with Crippen molar-refractivity contribution < 1.29 is 39.5 Å². The number of hydrogen-bond acceptors (Lipinski definition) is 10. The number of carbonyl (C=O) groups excluding carboxylic acids is 3. The van der Waals surface area contributed by atoms with Crippen LogP contribution in [0.2, 0.25) is 0 Å². The summed E-state index contributed by atoms with van der Waals surface area (Å²) < 4.78 is 6.07. The fourth-order valence-electron chi connectivity index (χ4n) is 6.15. The Balaban J connectivity index is 2.07. The molecule has 0 saturated heterocycles. The molecule has 36 heavy (non-hydrogen) atoms. The number of carbonyl (C=O) groups is 3. The highest BCUT2D eigenvalue weighted by Gasteiger charge is 2.67. The third kappa shape index (κ3) is 3.31. The average molecular weight is 501 g/mol. The Morgan fingerprint density at radius 2 is 1.78 bits per heavy atom. The van der Waals surface area contributed by atoms with Gasteiger partial charge in [0.25, 0.3) is 0 Å². The normalized spacial score (nSPS) is 29.8. The van der Waals surface area contributed by atoms with Crippen LogP contribution in [-0.4, -0.2) is 95.2 Å². The van der Waals surface area contributed by atoms with Gasteiger partial charge in [-0.1, -0.05) is 0 Å². The van der Waals surface area contributed by atoms with Gasteiger partial charge in [-0.25, -0.2) is 0 Å². The second-order valence-electron chi connectivity index (χ2n) is 10.0. The summed E-state index contributed by atoms with van der Waals surface area (Å²) in [5.74, 6) is -6.39. The summed E-state index contributed by atoms with van der Waals surface area (Å²) in [4.78, 5) is 43.1. The minimum absolute atomic E-state index is 0.0195. The number of likely N-dealkylation sites (N-methyl/N-ethyl adjacent to an activating group) is 1. The number of aromatic hydroxyl groups is 1. The smallest absolute Gasteiger partial charge is 0.209 e. The molecule has 0 bridgehead atoms. The van der Waals surface area contributed by atoms with E-state index in [1.165, 1.54) is 6.07 Å². The summed E-state index contributed by atoms with van der Waals surface area (Å²) in [5.41, 5.74) is -2.34. The van der Waals surface area contributed by atoms with Crippen molar-refractivity contribution in [3.63, 3.8) is 0 Å². The zero-order chi connectivity index (χ0) is 26.9. The quantitative estimate of drug-likeness (QED) is 0.436. The third-order valence-electron chi connectivity index (χ3n) is 7.58. The number of Topliss-reactive ketones (excluding diaryl/α,β-unsaturated/α-hetero) is 3. The van der Waals surface area contributed by atoms with Crippen LogP contribution >= 0.6 is 0 Å². The summed E-state index contributed by atoms with van der Waals surface area (Å²) in [6.45, 7) is 2.96. The Hall–Kier alpha value is -3.21. The fraction of sp³-hybridized carbons (Fsp3) is 0.500. The Bertz CT molecular complexity index is 1230. The van der Waals surface area contributed by atoms with Gasteiger partial charge < -0.3 is 30.1 Å². The maximum absolute atomic E-state index is 13.8. The standard InChI is InChI=1S/C26H32N2O8/c1-7-36-23-13-10-12-14(27(3)4)8-9-15(30)17(12)21(31)18(13)25(34)26(35)19(23)20(28(5)6)22(32)16(11(2)29)24(26)33/h8-9,13,19-20,23,30,32,34-35H,7,10H2,1-6H3/t13-,19-,20+,23+,26-/m1/s1. The van der Waals surface area contributed by atoms with Crippen LogP contribution in [0.5, 0.6) is 5.75 Å². The van der Waals surface area contributed by atoms with Crippen molar-refractivity contribution in [1.29, 1.82) is 0 Å². The van der Waals surface area contributed by atoms with E-state index in [-0.39, 0.29) is 29.9 Å². The van der Waals surface area contributed by atoms with Crippen molar-refractivity contribution in [3.8, 4) is 5.75 Å². The van der Waals surface area contributed by atoms with E-state index < -0.39 is 64.0 Å². The van der Waals surface area contributed by atoms with Crippen molar-refractivity contribution >= 4 is 23.0 Å². The maximum atomic E-state index is 13.8. The zero-order valence-electron chi connectivity index (χ0n) is 21.2. The Morgan fingerprint density at radius 1 is 1.14 bits per heavy atom. The van der Waals surface area contributed by atoms with Gasteiger partial charge in [0.05, 0.1) is 23.6 Å². The van der Waals surface area contributed by atoms with E-state index in [1.54, 1.807) is 51.0 Å². The molecule has 10 heteroatoms. The molecule has 4 rings (SSSR count). The summed E-state index contributed by atoms with van der Waals surface area (Å²) >= 11 is 0. The molecule has 194 valence electrons. The SMILES string of the molecule is CCO[C@@H]1[C@H]2[C@H](N(C)C)C(O)=C(C(C)=O)C(=O)[C@@]2(O)C(O)=C2C(=O)c3c(O)ccc(N(C)C)c3C[C@H]21. The maximum Gasteiger partial charge on any atom is 0.209 e. The van der Waals surface area contributed by atoms with E-state index in [2.05, 4.69) is 0 Å². The van der Waals surface area contributed by atoms with Gasteiger partial charge in [0, 0.05) is 37.9 Å². The molecule has 3 aliphatic rings. The first-order valence-electron chi connectivity index (χ1n) is 11.8. The summed E-state index contributed by atoms with van der Waals surface area (Å²) in [5, 5.41) is 45.0. The monoisotopic (exact) mass is 500 g/mol. The molecule has 0 saturated carbocycles. The van der Waals surface area contributed by atoms with Crippen LogP contribution in [0.1, 0.15) is 29.8 Å². The van der Waals surface area contributed by atoms with Crippen LogP contribution in [0, 0.1) is 11.8 Å². The number of ether oxygens (including phenoxy) is 1. The van der Waals surface area contributed by atoms with Crippen molar-refractivity contribution in [2.45, 2.75) is 38.0 Å². The predicted octanol–water partition coefficient (Wildman–Crippen LogP) is 1.31. The first-order chi connectivity index (χ1) is 16.8. The molecule has 0 aromatic heterocycles. The number of fused-ring (bicyclic) bond motifs is 3. The molecule has 0 amide bonds. The first-order valence-corrected chi connectivity index (χ1v) is 11.8. The molecular formula is C26H32N2O8. The average Bonchev–Trinajstić information content (AvgIpc) is 2.78. The number of aliphatic hydroxyl groups is 3. The molecule has 0 radical (unpaired) electrons. The number of anilines is 1. The van der Waals surface area contributed by atoms with Gasteiger partial charge in [-0.3, -0.25) is 19.3 Å². The molecule has 1 aromatic rings. The molecule has 0 heterocycles. The second-order valence-corrected chi connectivity index (χ2v) is 10.0. The number of phenols is 1. The van der Waals surface area contributed by atoms with Crippen LogP contribution in [-0.2, 0) is 20.7 Å². The number of nitrogens with zero attached hydrogens (tertiary/aromatic N) is 2. The molecule has 0 fully saturated rings.